The fourth-order valence-corrected chi connectivity index (χ4v) is 1.48. The highest BCUT2D eigenvalue weighted by molar-refractivity contribution is 7.79. The van der Waals surface area contributed by atoms with Gasteiger partial charge in [-0.3, -0.25) is 4.57 Å². The molecular weight excluding hydrogens is 245 g/mol. The summed E-state index contributed by atoms with van der Waals surface area (Å²) in [6.07, 6.45) is -2.66. The fourth-order valence-electron chi connectivity index (χ4n) is 0.986. The Morgan fingerprint density at radius 1 is 1.62 bits per heavy atom. The number of nitrogens with zero attached hydrogens (tertiary/aromatic N) is 2. The van der Waals surface area contributed by atoms with Crippen molar-refractivity contribution in [3.05, 3.63) is 17.6 Å². The van der Waals surface area contributed by atoms with Crippen molar-refractivity contribution in [1.29, 1.82) is 0 Å². The molecule has 1 heterocycles. The van der Waals surface area contributed by atoms with Crippen LogP contribution in [0.15, 0.2) is 16.8 Å². The predicted octanol–water partition coefficient (Wildman–Crippen LogP) is 2.20. The number of aryl methyl sites for hydroxylation is 1. The lowest BCUT2D eigenvalue weighted by Crippen LogP contribution is -2.11. The molecule has 0 aliphatic carbocycles. The Hall–Kier alpha value is -1.15. The van der Waals surface area contributed by atoms with Gasteiger partial charge in [0.05, 0.1) is 6.20 Å². The smallest absolute Gasteiger partial charge is 0.301 e. The number of aromatic nitrogens is 2. The summed E-state index contributed by atoms with van der Waals surface area (Å²) >= 11 is -2.37. The molecule has 0 aromatic carbocycles. The van der Waals surface area contributed by atoms with Gasteiger partial charge in [-0.25, -0.2) is 9.19 Å². The van der Waals surface area contributed by atoms with Crippen LogP contribution in [0.1, 0.15) is 12.7 Å². The fraction of sp³-hybridized carbons (Fsp3) is 0.375. The molecule has 0 aliphatic rings. The number of allylic oxidation sites excluding steroid dienone is 1. The van der Waals surface area contributed by atoms with Gasteiger partial charge in [-0.15, -0.1) is 0 Å². The SMILES string of the molecule is CC(=Cn1c(S(=O)O)cnc1C)C(F)(F)F. The first kappa shape index (κ1) is 12.9. The van der Waals surface area contributed by atoms with E-state index < -0.39 is 22.8 Å². The lowest BCUT2D eigenvalue weighted by atomic mass is 10.3. The lowest BCUT2D eigenvalue weighted by Gasteiger charge is -2.08. The van der Waals surface area contributed by atoms with E-state index in [2.05, 4.69) is 4.98 Å². The minimum Gasteiger partial charge on any atom is -0.301 e. The van der Waals surface area contributed by atoms with Gasteiger partial charge in [0, 0.05) is 11.8 Å². The molecule has 0 bridgehead atoms. The monoisotopic (exact) mass is 254 g/mol. The minimum atomic E-state index is -4.47. The van der Waals surface area contributed by atoms with Gasteiger partial charge < -0.3 is 4.55 Å². The Morgan fingerprint density at radius 3 is 2.62 bits per heavy atom. The van der Waals surface area contributed by atoms with Gasteiger partial charge in [-0.1, -0.05) is 0 Å². The van der Waals surface area contributed by atoms with Crippen LogP contribution < -0.4 is 0 Å². The van der Waals surface area contributed by atoms with Crippen molar-refractivity contribution in [3.63, 3.8) is 0 Å². The molecule has 0 spiro atoms. The van der Waals surface area contributed by atoms with Crippen LogP contribution >= 0.6 is 0 Å². The molecule has 16 heavy (non-hydrogen) atoms. The van der Waals surface area contributed by atoms with Gasteiger partial charge in [0.15, 0.2) is 5.03 Å². The molecule has 0 radical (unpaired) electrons. The number of hydrogen-bond donors (Lipinski definition) is 1. The molecule has 0 aliphatic heterocycles. The van der Waals surface area contributed by atoms with Gasteiger partial charge in [-0.2, -0.15) is 13.2 Å². The average Bonchev–Trinajstić information content (AvgIpc) is 2.46. The van der Waals surface area contributed by atoms with Gasteiger partial charge >= 0.3 is 6.18 Å². The van der Waals surface area contributed by atoms with Crippen LogP contribution in [0, 0.1) is 6.92 Å². The largest absolute Gasteiger partial charge is 0.413 e. The van der Waals surface area contributed by atoms with Crippen molar-refractivity contribution < 1.29 is 21.9 Å². The molecule has 1 aromatic heterocycles. The summed E-state index contributed by atoms with van der Waals surface area (Å²) in [5, 5.41) is -0.193. The normalized spacial score (nSPS) is 15.2. The van der Waals surface area contributed by atoms with E-state index in [4.69, 9.17) is 4.55 Å². The Bertz CT molecular complexity index is 451. The molecule has 1 atom stereocenters. The summed E-state index contributed by atoms with van der Waals surface area (Å²) in [6, 6.07) is 0. The zero-order chi connectivity index (χ0) is 12.5. The minimum absolute atomic E-state index is 0.193. The highest BCUT2D eigenvalue weighted by atomic mass is 32.2. The highest BCUT2D eigenvalue weighted by Crippen LogP contribution is 2.26. The van der Waals surface area contributed by atoms with Crippen LogP contribution in [-0.4, -0.2) is 24.5 Å². The Balaban J connectivity index is 3.24. The molecule has 8 heteroatoms. The first-order valence-corrected chi connectivity index (χ1v) is 5.24. The van der Waals surface area contributed by atoms with Crippen LogP contribution in [0.3, 0.4) is 0 Å². The predicted molar refractivity (Wildman–Crippen MR) is 52.0 cm³/mol. The summed E-state index contributed by atoms with van der Waals surface area (Å²) in [5.74, 6) is 0.209. The van der Waals surface area contributed by atoms with Crippen LogP contribution in [0.25, 0.3) is 6.20 Å². The van der Waals surface area contributed by atoms with Gasteiger partial charge in [0.1, 0.15) is 5.82 Å². The molecule has 0 amide bonds. The molecule has 0 fully saturated rings. The van der Waals surface area contributed by atoms with E-state index >= 15 is 0 Å². The Morgan fingerprint density at radius 2 is 2.19 bits per heavy atom. The molecular formula is C8H9F3N2O2S. The number of alkyl halides is 3. The molecule has 4 nitrogen and oxygen atoms in total. The van der Waals surface area contributed by atoms with Crippen molar-refractivity contribution in [2.75, 3.05) is 0 Å². The number of rotatable bonds is 2. The van der Waals surface area contributed by atoms with Crippen LogP contribution in [0.4, 0.5) is 13.2 Å². The van der Waals surface area contributed by atoms with E-state index in [1.807, 2.05) is 0 Å². The van der Waals surface area contributed by atoms with Crippen LogP contribution in [0.5, 0.6) is 0 Å². The molecule has 1 unspecified atom stereocenters. The molecule has 1 N–H and O–H groups in total. The first-order valence-electron chi connectivity index (χ1n) is 4.13. The van der Waals surface area contributed by atoms with E-state index in [1.54, 1.807) is 0 Å². The van der Waals surface area contributed by atoms with Crippen molar-refractivity contribution in [3.8, 4) is 0 Å². The summed E-state index contributed by atoms with van der Waals surface area (Å²) in [4.78, 5) is 3.67. The Kier molecular flexibility index (Phi) is 3.54. The van der Waals surface area contributed by atoms with Crippen molar-refractivity contribution in [2.45, 2.75) is 25.0 Å². The highest BCUT2D eigenvalue weighted by Gasteiger charge is 2.30. The average molecular weight is 254 g/mol. The van der Waals surface area contributed by atoms with E-state index in [0.717, 1.165) is 23.9 Å². The van der Waals surface area contributed by atoms with Crippen molar-refractivity contribution in [2.24, 2.45) is 0 Å². The van der Waals surface area contributed by atoms with E-state index in [9.17, 15) is 17.4 Å². The second-order valence-electron chi connectivity index (χ2n) is 3.07. The number of hydrogen-bond acceptors (Lipinski definition) is 2. The molecule has 90 valence electrons. The summed E-state index contributed by atoms with van der Waals surface area (Å²) < 4.78 is 57.4. The van der Waals surface area contributed by atoms with Crippen LogP contribution in [0.2, 0.25) is 0 Å². The second kappa shape index (κ2) is 4.38. The topological polar surface area (TPSA) is 55.1 Å². The zero-order valence-corrected chi connectivity index (χ0v) is 9.26. The number of halogens is 3. The molecule has 1 rings (SSSR count). The van der Waals surface area contributed by atoms with E-state index in [-0.39, 0.29) is 10.9 Å². The third-order valence-corrected chi connectivity index (χ3v) is 2.56. The maximum Gasteiger partial charge on any atom is 0.413 e. The molecule has 0 saturated heterocycles. The first-order chi connectivity index (χ1) is 7.23. The maximum atomic E-state index is 12.3. The summed E-state index contributed by atoms with van der Waals surface area (Å²) in [7, 11) is 0. The van der Waals surface area contributed by atoms with Gasteiger partial charge in [0.2, 0.25) is 11.1 Å². The lowest BCUT2D eigenvalue weighted by molar-refractivity contribution is -0.0906. The second-order valence-corrected chi connectivity index (χ2v) is 3.99. The van der Waals surface area contributed by atoms with Crippen molar-refractivity contribution >= 4 is 17.3 Å². The van der Waals surface area contributed by atoms with Crippen molar-refractivity contribution in [1.82, 2.24) is 9.55 Å². The Labute approximate surface area is 92.1 Å². The van der Waals surface area contributed by atoms with Crippen LogP contribution in [-0.2, 0) is 11.1 Å². The standard InChI is InChI=1S/C8H9F3N2O2S/c1-5(8(9,10)11)4-13-6(2)12-3-7(13)16(14)15/h3-4H,1-2H3,(H,14,15). The third kappa shape index (κ3) is 2.70. The van der Waals surface area contributed by atoms with E-state index in [0.29, 0.717) is 0 Å². The zero-order valence-electron chi connectivity index (χ0n) is 8.45. The summed E-state index contributed by atoms with van der Waals surface area (Å²) in [6.45, 7) is 2.32. The number of imidazole rings is 1. The van der Waals surface area contributed by atoms with Gasteiger partial charge in [-0.05, 0) is 13.8 Å². The molecule has 0 saturated carbocycles. The summed E-state index contributed by atoms with van der Waals surface area (Å²) in [5.41, 5.74) is -0.875. The van der Waals surface area contributed by atoms with Gasteiger partial charge in [0.25, 0.3) is 0 Å². The molecule has 1 aromatic rings. The maximum absolute atomic E-state index is 12.3. The quantitative estimate of drug-likeness (QED) is 0.823. The van der Waals surface area contributed by atoms with E-state index in [1.165, 1.54) is 6.92 Å². The third-order valence-electron chi connectivity index (χ3n) is 1.90.